The van der Waals surface area contributed by atoms with Gasteiger partial charge in [-0.2, -0.15) is 0 Å². The van der Waals surface area contributed by atoms with Gasteiger partial charge in [-0.15, -0.1) is 0 Å². The number of nitrogens with zero attached hydrogens (tertiary/aromatic N) is 1. The molecule has 2 aliphatic carbocycles. The van der Waals surface area contributed by atoms with Gasteiger partial charge in [-0.05, 0) is 68.1 Å². The number of nitrogens with one attached hydrogen (secondary N) is 2. The van der Waals surface area contributed by atoms with Crippen LogP contribution in [0.15, 0.2) is 23.2 Å². The van der Waals surface area contributed by atoms with Gasteiger partial charge in [0.05, 0.1) is 6.04 Å². The van der Waals surface area contributed by atoms with Crippen LogP contribution in [0.25, 0.3) is 0 Å². The average Bonchev–Trinajstić information content (AvgIpc) is 3.38. The first-order valence-corrected chi connectivity index (χ1v) is 8.27. The second-order valence-electron chi connectivity index (χ2n) is 6.94. The van der Waals surface area contributed by atoms with E-state index in [1.165, 1.54) is 25.7 Å². The van der Waals surface area contributed by atoms with Crippen molar-refractivity contribution in [1.29, 1.82) is 0 Å². The smallest absolute Gasteiger partial charge is 0.191 e. The van der Waals surface area contributed by atoms with E-state index in [2.05, 4.69) is 15.6 Å². The van der Waals surface area contributed by atoms with E-state index >= 15 is 0 Å². The summed E-state index contributed by atoms with van der Waals surface area (Å²) in [4.78, 5) is 4.30. The third-order valence-electron chi connectivity index (χ3n) is 5.22. The topological polar surface area (TPSA) is 36.4 Å². The predicted octanol–water partition coefficient (Wildman–Crippen LogP) is 3.55. The summed E-state index contributed by atoms with van der Waals surface area (Å²) in [7, 11) is 1.79. The highest BCUT2D eigenvalue weighted by molar-refractivity contribution is 5.80. The van der Waals surface area contributed by atoms with Crippen LogP contribution in [-0.4, -0.2) is 19.6 Å². The fourth-order valence-corrected chi connectivity index (χ4v) is 3.21. The second kappa shape index (κ2) is 5.90. The van der Waals surface area contributed by atoms with Crippen molar-refractivity contribution in [2.45, 2.75) is 45.6 Å². The van der Waals surface area contributed by atoms with Crippen LogP contribution in [0.1, 0.15) is 49.8 Å². The number of guanidine groups is 1. The Labute approximate surface area is 132 Å². The van der Waals surface area contributed by atoms with Crippen LogP contribution in [-0.2, 0) is 0 Å². The lowest BCUT2D eigenvalue weighted by Gasteiger charge is -2.21. The monoisotopic (exact) mass is 303 g/mol. The Bertz CT molecular complexity index is 574. The van der Waals surface area contributed by atoms with E-state index in [0.29, 0.717) is 11.0 Å². The van der Waals surface area contributed by atoms with Crippen LogP contribution in [0.3, 0.4) is 0 Å². The molecule has 120 valence electrons. The standard InChI is InChI=1S/C18H26FN3/c1-12-4-5-14(10-16(12)19)13(2)22-17(20-3)21-11-18(8-9-18)15-6-7-15/h4-5,10,13,15H,6-9,11H2,1-3H3,(H2,20,21,22). The largest absolute Gasteiger partial charge is 0.356 e. The molecule has 2 saturated carbocycles. The molecule has 1 aromatic carbocycles. The van der Waals surface area contributed by atoms with Gasteiger partial charge in [0.1, 0.15) is 5.82 Å². The molecule has 0 saturated heterocycles. The lowest BCUT2D eigenvalue weighted by atomic mass is 10.0. The van der Waals surface area contributed by atoms with Gasteiger partial charge in [0.2, 0.25) is 0 Å². The number of aryl methyl sites for hydroxylation is 1. The second-order valence-corrected chi connectivity index (χ2v) is 6.94. The van der Waals surface area contributed by atoms with Gasteiger partial charge >= 0.3 is 0 Å². The third kappa shape index (κ3) is 3.26. The zero-order valence-electron chi connectivity index (χ0n) is 13.7. The molecule has 0 radical (unpaired) electrons. The summed E-state index contributed by atoms with van der Waals surface area (Å²) in [5.74, 6) is 1.59. The Morgan fingerprint density at radius 2 is 2.14 bits per heavy atom. The molecule has 2 fully saturated rings. The highest BCUT2D eigenvalue weighted by atomic mass is 19.1. The minimum atomic E-state index is -0.153. The van der Waals surface area contributed by atoms with Crippen LogP contribution in [0, 0.1) is 24.1 Å². The van der Waals surface area contributed by atoms with Crippen molar-refractivity contribution >= 4 is 5.96 Å². The van der Waals surface area contributed by atoms with Crippen LogP contribution in [0.5, 0.6) is 0 Å². The van der Waals surface area contributed by atoms with Crippen molar-refractivity contribution in [3.05, 3.63) is 35.1 Å². The minimum Gasteiger partial charge on any atom is -0.356 e. The van der Waals surface area contributed by atoms with Crippen LogP contribution in [0.2, 0.25) is 0 Å². The van der Waals surface area contributed by atoms with E-state index in [9.17, 15) is 4.39 Å². The number of benzene rings is 1. The molecule has 4 heteroatoms. The first-order chi connectivity index (χ1) is 10.5. The number of rotatable bonds is 5. The normalized spacial score (nSPS) is 21.4. The maximum absolute atomic E-state index is 13.7. The summed E-state index contributed by atoms with van der Waals surface area (Å²) < 4.78 is 13.7. The number of hydrogen-bond acceptors (Lipinski definition) is 1. The summed E-state index contributed by atoms with van der Waals surface area (Å²) >= 11 is 0. The molecule has 0 bridgehead atoms. The molecular weight excluding hydrogens is 277 g/mol. The molecule has 1 aromatic rings. The molecule has 3 rings (SSSR count). The lowest BCUT2D eigenvalue weighted by Crippen LogP contribution is -2.41. The Morgan fingerprint density at radius 1 is 1.41 bits per heavy atom. The molecule has 22 heavy (non-hydrogen) atoms. The van der Waals surface area contributed by atoms with E-state index in [1.807, 2.05) is 19.1 Å². The predicted molar refractivity (Wildman–Crippen MR) is 88.4 cm³/mol. The number of halogens is 1. The van der Waals surface area contributed by atoms with Gasteiger partial charge in [0.15, 0.2) is 5.96 Å². The summed E-state index contributed by atoms with van der Waals surface area (Å²) in [6, 6.07) is 5.42. The quantitative estimate of drug-likeness (QED) is 0.644. The molecule has 0 aromatic heterocycles. The van der Waals surface area contributed by atoms with Crippen LogP contribution >= 0.6 is 0 Å². The first kappa shape index (κ1) is 15.3. The van der Waals surface area contributed by atoms with E-state index in [1.54, 1.807) is 20.0 Å². The summed E-state index contributed by atoms with van der Waals surface area (Å²) in [5, 5.41) is 6.83. The molecule has 1 unspecified atom stereocenters. The van der Waals surface area contributed by atoms with Crippen molar-refractivity contribution in [3.8, 4) is 0 Å². The molecule has 0 aliphatic heterocycles. The molecule has 0 amide bonds. The van der Waals surface area contributed by atoms with Gasteiger partial charge in [0, 0.05) is 13.6 Å². The Hall–Kier alpha value is -1.58. The average molecular weight is 303 g/mol. The van der Waals surface area contributed by atoms with Gasteiger partial charge in [0.25, 0.3) is 0 Å². The van der Waals surface area contributed by atoms with Crippen LogP contribution < -0.4 is 10.6 Å². The minimum absolute atomic E-state index is 0.0254. The molecule has 0 spiro atoms. The lowest BCUT2D eigenvalue weighted by molar-refractivity contribution is 0.430. The van der Waals surface area contributed by atoms with Crippen molar-refractivity contribution in [1.82, 2.24) is 10.6 Å². The molecular formula is C18H26FN3. The Morgan fingerprint density at radius 3 is 2.68 bits per heavy atom. The fraction of sp³-hybridized carbons (Fsp3) is 0.611. The summed E-state index contributed by atoms with van der Waals surface area (Å²) in [6.07, 6.45) is 5.49. The number of aliphatic imine (C=N–C) groups is 1. The van der Waals surface area contributed by atoms with Crippen molar-refractivity contribution in [3.63, 3.8) is 0 Å². The Kier molecular flexibility index (Phi) is 4.11. The van der Waals surface area contributed by atoms with Crippen LogP contribution in [0.4, 0.5) is 4.39 Å². The van der Waals surface area contributed by atoms with Gasteiger partial charge in [-0.25, -0.2) is 4.39 Å². The molecule has 1 atom stereocenters. The first-order valence-electron chi connectivity index (χ1n) is 8.27. The molecule has 0 heterocycles. The SMILES string of the molecule is CN=C(NCC1(C2CC2)CC1)NC(C)c1ccc(C)c(F)c1. The van der Waals surface area contributed by atoms with Gasteiger partial charge in [-0.3, -0.25) is 4.99 Å². The third-order valence-corrected chi connectivity index (χ3v) is 5.22. The van der Waals surface area contributed by atoms with E-state index in [0.717, 1.165) is 24.0 Å². The maximum Gasteiger partial charge on any atom is 0.191 e. The molecule has 2 aliphatic rings. The van der Waals surface area contributed by atoms with E-state index in [4.69, 9.17) is 0 Å². The van der Waals surface area contributed by atoms with E-state index < -0.39 is 0 Å². The summed E-state index contributed by atoms with van der Waals surface area (Å²) in [6.45, 7) is 4.82. The fourth-order valence-electron chi connectivity index (χ4n) is 3.21. The highest BCUT2D eigenvalue weighted by Crippen LogP contribution is 2.60. The van der Waals surface area contributed by atoms with Crippen molar-refractivity contribution in [2.75, 3.05) is 13.6 Å². The van der Waals surface area contributed by atoms with Gasteiger partial charge < -0.3 is 10.6 Å². The Balaban J connectivity index is 1.56. The summed E-state index contributed by atoms with van der Waals surface area (Å²) in [5.41, 5.74) is 2.16. The van der Waals surface area contributed by atoms with Gasteiger partial charge in [-0.1, -0.05) is 12.1 Å². The maximum atomic E-state index is 13.7. The molecule has 3 nitrogen and oxygen atoms in total. The zero-order chi connectivity index (χ0) is 15.7. The van der Waals surface area contributed by atoms with Crippen molar-refractivity contribution < 1.29 is 4.39 Å². The number of hydrogen-bond donors (Lipinski definition) is 2. The zero-order valence-corrected chi connectivity index (χ0v) is 13.7. The van der Waals surface area contributed by atoms with Crippen molar-refractivity contribution in [2.24, 2.45) is 16.3 Å². The molecule has 2 N–H and O–H groups in total. The highest BCUT2D eigenvalue weighted by Gasteiger charge is 2.53. The van der Waals surface area contributed by atoms with E-state index in [-0.39, 0.29) is 11.9 Å².